The Morgan fingerprint density at radius 2 is 2.07 bits per heavy atom. The standard InChI is InChI=1S/C8H7F4NO2/c1-4-2-5(3-9)6(7(14)13-4)15-8(10,11)12/h2H,3H2,1H3,(H,13,14). The number of hydrogen-bond donors (Lipinski definition) is 1. The topological polar surface area (TPSA) is 42.1 Å². The molecular weight excluding hydrogens is 218 g/mol. The SMILES string of the molecule is Cc1cc(CF)c(OC(F)(F)F)c(=O)[nH]1. The van der Waals surface area contributed by atoms with Crippen LogP contribution in [-0.4, -0.2) is 11.3 Å². The van der Waals surface area contributed by atoms with E-state index in [-0.39, 0.29) is 5.69 Å². The van der Waals surface area contributed by atoms with Crippen molar-refractivity contribution in [2.24, 2.45) is 0 Å². The lowest BCUT2D eigenvalue weighted by Gasteiger charge is -2.10. The molecule has 0 saturated heterocycles. The lowest BCUT2D eigenvalue weighted by Crippen LogP contribution is -2.24. The zero-order chi connectivity index (χ0) is 11.6. The maximum atomic E-state index is 12.3. The number of alkyl halides is 4. The molecule has 0 aliphatic rings. The van der Waals surface area contributed by atoms with Gasteiger partial charge in [0.05, 0.1) is 0 Å². The normalized spacial score (nSPS) is 11.5. The summed E-state index contributed by atoms with van der Waals surface area (Å²) in [5.74, 6) is -1.05. The van der Waals surface area contributed by atoms with Gasteiger partial charge in [0.2, 0.25) is 0 Å². The van der Waals surface area contributed by atoms with Crippen molar-refractivity contribution in [3.8, 4) is 5.75 Å². The Kier molecular flexibility index (Phi) is 3.01. The predicted molar refractivity (Wildman–Crippen MR) is 43.3 cm³/mol. The van der Waals surface area contributed by atoms with E-state index in [1.165, 1.54) is 6.92 Å². The van der Waals surface area contributed by atoms with Gasteiger partial charge in [-0.3, -0.25) is 4.79 Å². The van der Waals surface area contributed by atoms with E-state index in [1.807, 2.05) is 0 Å². The minimum absolute atomic E-state index is 0.266. The molecular formula is C8H7F4NO2. The van der Waals surface area contributed by atoms with Crippen LogP contribution in [-0.2, 0) is 6.67 Å². The van der Waals surface area contributed by atoms with Crippen LogP contribution in [0.1, 0.15) is 11.3 Å². The number of H-pyrrole nitrogens is 1. The third-order valence-corrected chi connectivity index (χ3v) is 1.56. The second kappa shape index (κ2) is 3.92. The summed E-state index contributed by atoms with van der Waals surface area (Å²) in [6.07, 6.45) is -5.01. The van der Waals surface area contributed by atoms with Crippen LogP contribution in [0.5, 0.6) is 5.75 Å². The van der Waals surface area contributed by atoms with Crippen molar-refractivity contribution in [2.45, 2.75) is 20.0 Å². The Morgan fingerprint density at radius 1 is 1.47 bits per heavy atom. The molecule has 84 valence electrons. The fourth-order valence-corrected chi connectivity index (χ4v) is 1.07. The number of rotatable bonds is 2. The van der Waals surface area contributed by atoms with Gasteiger partial charge in [0.1, 0.15) is 6.67 Å². The predicted octanol–water partition coefficient (Wildman–Crippen LogP) is 2.05. The van der Waals surface area contributed by atoms with Crippen molar-refractivity contribution in [3.05, 3.63) is 27.7 Å². The van der Waals surface area contributed by atoms with E-state index < -0.39 is 29.9 Å². The first-order valence-corrected chi connectivity index (χ1v) is 3.88. The van der Waals surface area contributed by atoms with Crippen molar-refractivity contribution in [1.29, 1.82) is 0 Å². The number of nitrogens with one attached hydrogen (secondary N) is 1. The smallest absolute Gasteiger partial charge is 0.399 e. The second-order valence-corrected chi connectivity index (χ2v) is 2.82. The van der Waals surface area contributed by atoms with E-state index in [0.717, 1.165) is 6.07 Å². The summed E-state index contributed by atoms with van der Waals surface area (Å²) < 4.78 is 51.3. The molecule has 0 atom stereocenters. The molecule has 0 bridgehead atoms. The Morgan fingerprint density at radius 3 is 2.53 bits per heavy atom. The zero-order valence-electron chi connectivity index (χ0n) is 7.61. The quantitative estimate of drug-likeness (QED) is 0.782. The van der Waals surface area contributed by atoms with Crippen LogP contribution in [0.3, 0.4) is 0 Å². The largest absolute Gasteiger partial charge is 0.573 e. The molecule has 3 nitrogen and oxygen atoms in total. The molecule has 0 saturated carbocycles. The first kappa shape index (κ1) is 11.5. The highest BCUT2D eigenvalue weighted by atomic mass is 19.4. The molecule has 0 spiro atoms. The van der Waals surface area contributed by atoms with Gasteiger partial charge in [0.15, 0.2) is 5.75 Å². The third-order valence-electron chi connectivity index (χ3n) is 1.56. The van der Waals surface area contributed by atoms with Gasteiger partial charge in [0.25, 0.3) is 5.56 Å². The summed E-state index contributed by atoms with van der Waals surface area (Å²) in [6.45, 7) is 0.230. The minimum atomic E-state index is -5.01. The number of hydrogen-bond acceptors (Lipinski definition) is 2. The molecule has 0 aliphatic heterocycles. The zero-order valence-corrected chi connectivity index (χ0v) is 7.61. The van der Waals surface area contributed by atoms with Crippen LogP contribution >= 0.6 is 0 Å². The van der Waals surface area contributed by atoms with Crippen molar-refractivity contribution in [3.63, 3.8) is 0 Å². The molecule has 1 rings (SSSR count). The highest BCUT2D eigenvalue weighted by Crippen LogP contribution is 2.23. The molecule has 0 radical (unpaired) electrons. The molecule has 0 unspecified atom stereocenters. The summed E-state index contributed by atoms with van der Waals surface area (Å²) in [4.78, 5) is 13.1. The lowest BCUT2D eigenvalue weighted by atomic mass is 10.2. The number of ether oxygens (including phenoxy) is 1. The Bertz CT molecular complexity index is 410. The van der Waals surface area contributed by atoms with Gasteiger partial charge in [-0.05, 0) is 13.0 Å². The van der Waals surface area contributed by atoms with Crippen LogP contribution in [0, 0.1) is 6.92 Å². The fourth-order valence-electron chi connectivity index (χ4n) is 1.07. The monoisotopic (exact) mass is 225 g/mol. The van der Waals surface area contributed by atoms with E-state index in [0.29, 0.717) is 0 Å². The first-order chi connectivity index (χ1) is 6.83. The summed E-state index contributed by atoms with van der Waals surface area (Å²) in [7, 11) is 0. The third kappa shape index (κ3) is 2.97. The highest BCUT2D eigenvalue weighted by Gasteiger charge is 2.33. The van der Waals surface area contributed by atoms with Crippen molar-refractivity contribution in [2.75, 3.05) is 0 Å². The minimum Gasteiger partial charge on any atom is -0.399 e. The molecule has 7 heteroatoms. The van der Waals surface area contributed by atoms with E-state index in [4.69, 9.17) is 0 Å². The van der Waals surface area contributed by atoms with Gasteiger partial charge in [-0.2, -0.15) is 0 Å². The average molecular weight is 225 g/mol. The molecule has 1 N–H and O–H groups in total. The molecule has 1 aromatic heterocycles. The number of aryl methyl sites for hydroxylation is 1. The summed E-state index contributed by atoms with van der Waals surface area (Å²) in [6, 6.07) is 1.09. The summed E-state index contributed by atoms with van der Waals surface area (Å²) in [5.41, 5.74) is -1.25. The van der Waals surface area contributed by atoms with Gasteiger partial charge in [0, 0.05) is 11.3 Å². The van der Waals surface area contributed by atoms with Crippen molar-refractivity contribution < 1.29 is 22.3 Å². The van der Waals surface area contributed by atoms with E-state index in [1.54, 1.807) is 0 Å². The van der Waals surface area contributed by atoms with Crippen LogP contribution in [0.4, 0.5) is 17.6 Å². The Balaban J connectivity index is 3.22. The van der Waals surface area contributed by atoms with Gasteiger partial charge in [-0.25, -0.2) is 4.39 Å². The van der Waals surface area contributed by atoms with E-state index in [2.05, 4.69) is 9.72 Å². The second-order valence-electron chi connectivity index (χ2n) is 2.82. The molecule has 1 aromatic rings. The van der Waals surface area contributed by atoms with E-state index >= 15 is 0 Å². The maximum absolute atomic E-state index is 12.3. The van der Waals surface area contributed by atoms with Crippen molar-refractivity contribution in [1.82, 2.24) is 4.98 Å². The summed E-state index contributed by atoms with van der Waals surface area (Å²) >= 11 is 0. The van der Waals surface area contributed by atoms with Crippen LogP contribution in [0.15, 0.2) is 10.9 Å². The van der Waals surface area contributed by atoms with E-state index in [9.17, 15) is 22.4 Å². The number of halogens is 4. The molecule has 15 heavy (non-hydrogen) atoms. The average Bonchev–Trinajstić information content (AvgIpc) is 2.07. The Hall–Kier alpha value is -1.53. The van der Waals surface area contributed by atoms with Crippen LogP contribution < -0.4 is 10.3 Å². The van der Waals surface area contributed by atoms with Crippen LogP contribution in [0.2, 0.25) is 0 Å². The lowest BCUT2D eigenvalue weighted by molar-refractivity contribution is -0.275. The number of aromatic nitrogens is 1. The molecule has 1 heterocycles. The fraction of sp³-hybridized carbons (Fsp3) is 0.375. The molecule has 0 aliphatic carbocycles. The van der Waals surface area contributed by atoms with Gasteiger partial charge >= 0.3 is 6.36 Å². The van der Waals surface area contributed by atoms with Gasteiger partial charge in [-0.1, -0.05) is 0 Å². The first-order valence-electron chi connectivity index (χ1n) is 3.88. The summed E-state index contributed by atoms with van der Waals surface area (Å²) in [5, 5.41) is 0. The highest BCUT2D eigenvalue weighted by molar-refractivity contribution is 5.31. The van der Waals surface area contributed by atoms with Gasteiger partial charge in [-0.15, -0.1) is 13.2 Å². The Labute approximate surface area is 81.7 Å². The number of pyridine rings is 1. The maximum Gasteiger partial charge on any atom is 0.573 e. The number of aromatic amines is 1. The van der Waals surface area contributed by atoms with Crippen molar-refractivity contribution >= 4 is 0 Å². The van der Waals surface area contributed by atoms with Crippen LogP contribution in [0.25, 0.3) is 0 Å². The molecule has 0 fully saturated rings. The van der Waals surface area contributed by atoms with Gasteiger partial charge < -0.3 is 9.72 Å². The molecule has 0 aromatic carbocycles. The molecule has 0 amide bonds.